The van der Waals surface area contributed by atoms with Gasteiger partial charge in [-0.25, -0.2) is 4.98 Å². The van der Waals surface area contributed by atoms with E-state index in [2.05, 4.69) is 29.8 Å². The fourth-order valence-corrected chi connectivity index (χ4v) is 5.14. The molecule has 0 aliphatic heterocycles. The number of hydrogen-bond acceptors (Lipinski definition) is 4. The molecule has 1 aromatic carbocycles. The smallest absolute Gasteiger partial charge is 0.233 e. The lowest BCUT2D eigenvalue weighted by molar-refractivity contribution is -0.132. The molecule has 1 fully saturated rings. The van der Waals surface area contributed by atoms with E-state index in [0.29, 0.717) is 11.8 Å². The van der Waals surface area contributed by atoms with Crippen LogP contribution in [0.2, 0.25) is 0 Å². The maximum absolute atomic E-state index is 12.6. The molecule has 1 aliphatic carbocycles. The van der Waals surface area contributed by atoms with Crippen molar-refractivity contribution in [2.45, 2.75) is 56.0 Å². The van der Waals surface area contributed by atoms with Gasteiger partial charge in [-0.1, -0.05) is 36.7 Å². The molecule has 1 saturated carbocycles. The van der Waals surface area contributed by atoms with E-state index < -0.39 is 0 Å². The molecule has 1 aromatic heterocycles. The summed E-state index contributed by atoms with van der Waals surface area (Å²) in [6.45, 7) is 4.25. The minimum atomic E-state index is 0.256. The van der Waals surface area contributed by atoms with Gasteiger partial charge in [0.2, 0.25) is 5.91 Å². The summed E-state index contributed by atoms with van der Waals surface area (Å²) in [5.41, 5.74) is 1.03. The molecule has 3 nitrogen and oxygen atoms in total. The van der Waals surface area contributed by atoms with Gasteiger partial charge in [-0.15, -0.1) is 11.3 Å². The second kappa shape index (κ2) is 7.01. The number of para-hydroxylation sites is 1. The molecule has 0 spiro atoms. The Hall–Kier alpha value is -1.07. The van der Waals surface area contributed by atoms with E-state index in [1.165, 1.54) is 17.5 Å². The zero-order valence-corrected chi connectivity index (χ0v) is 14.8. The molecule has 118 valence electrons. The van der Waals surface area contributed by atoms with Crippen molar-refractivity contribution in [2.75, 3.05) is 5.75 Å². The van der Waals surface area contributed by atoms with Crippen molar-refractivity contribution < 1.29 is 4.79 Å². The van der Waals surface area contributed by atoms with Crippen LogP contribution in [-0.2, 0) is 4.79 Å². The minimum Gasteiger partial charge on any atom is -0.337 e. The summed E-state index contributed by atoms with van der Waals surface area (Å²) in [5.74, 6) is 0.750. The average molecular weight is 335 g/mol. The first-order chi connectivity index (χ1) is 10.6. The summed E-state index contributed by atoms with van der Waals surface area (Å²) in [6.07, 6.45) is 4.84. The minimum absolute atomic E-state index is 0.256. The summed E-state index contributed by atoms with van der Waals surface area (Å²) in [4.78, 5) is 19.3. The molecule has 0 saturated heterocycles. The largest absolute Gasteiger partial charge is 0.337 e. The van der Waals surface area contributed by atoms with Gasteiger partial charge in [-0.2, -0.15) is 0 Å². The molecule has 3 rings (SSSR count). The lowest BCUT2D eigenvalue weighted by Gasteiger charge is -2.32. The van der Waals surface area contributed by atoms with E-state index in [9.17, 15) is 4.79 Å². The Kier molecular flexibility index (Phi) is 5.03. The first-order valence-electron chi connectivity index (χ1n) is 7.94. The number of carbonyl (C=O) groups excluding carboxylic acids is 1. The Labute approximate surface area is 140 Å². The van der Waals surface area contributed by atoms with Crippen LogP contribution in [0.25, 0.3) is 10.2 Å². The molecule has 5 heteroatoms. The number of nitrogens with zero attached hydrogens (tertiary/aromatic N) is 2. The molecular weight excluding hydrogens is 312 g/mol. The monoisotopic (exact) mass is 334 g/mol. The summed E-state index contributed by atoms with van der Waals surface area (Å²) >= 11 is 3.25. The molecule has 0 bridgehead atoms. The van der Waals surface area contributed by atoms with Crippen molar-refractivity contribution in [2.24, 2.45) is 0 Å². The molecule has 0 radical (unpaired) electrons. The van der Waals surface area contributed by atoms with Crippen molar-refractivity contribution in [3.63, 3.8) is 0 Å². The molecule has 1 heterocycles. The lowest BCUT2D eigenvalue weighted by Crippen LogP contribution is -2.44. The van der Waals surface area contributed by atoms with Gasteiger partial charge in [0.05, 0.1) is 16.0 Å². The Balaban J connectivity index is 1.64. The lowest BCUT2D eigenvalue weighted by atomic mass is 10.1. The van der Waals surface area contributed by atoms with E-state index in [1.807, 2.05) is 18.2 Å². The number of aromatic nitrogens is 1. The predicted octanol–water partition coefficient (Wildman–Crippen LogP) is 4.57. The number of fused-ring (bicyclic) bond motifs is 1. The SMILES string of the molecule is CC(C)N(C(=O)CSc1nc2ccccc2s1)C1CCCC1. The number of rotatable bonds is 5. The van der Waals surface area contributed by atoms with Gasteiger partial charge >= 0.3 is 0 Å². The average Bonchev–Trinajstić information content (AvgIpc) is 3.13. The molecule has 2 aromatic rings. The second-order valence-electron chi connectivity index (χ2n) is 6.07. The van der Waals surface area contributed by atoms with Crippen LogP contribution in [0.15, 0.2) is 28.6 Å². The van der Waals surface area contributed by atoms with Gasteiger partial charge < -0.3 is 4.90 Å². The third-order valence-electron chi connectivity index (χ3n) is 4.16. The Morgan fingerprint density at radius 1 is 1.36 bits per heavy atom. The van der Waals surface area contributed by atoms with Gasteiger partial charge in [0.15, 0.2) is 4.34 Å². The van der Waals surface area contributed by atoms with Gasteiger partial charge in [0, 0.05) is 12.1 Å². The number of hydrogen-bond donors (Lipinski definition) is 0. The van der Waals surface area contributed by atoms with Crippen LogP contribution in [-0.4, -0.2) is 33.6 Å². The van der Waals surface area contributed by atoms with E-state index in [-0.39, 0.29) is 11.9 Å². The van der Waals surface area contributed by atoms with Crippen LogP contribution in [0.4, 0.5) is 0 Å². The Morgan fingerprint density at radius 2 is 2.09 bits per heavy atom. The van der Waals surface area contributed by atoms with E-state index in [4.69, 9.17) is 0 Å². The highest BCUT2D eigenvalue weighted by Crippen LogP contribution is 2.31. The van der Waals surface area contributed by atoms with Crippen molar-refractivity contribution in [1.29, 1.82) is 0 Å². The molecular formula is C17H22N2OS2. The summed E-state index contributed by atoms with van der Waals surface area (Å²) in [6, 6.07) is 8.87. The third-order valence-corrected chi connectivity index (χ3v) is 6.32. The summed E-state index contributed by atoms with van der Waals surface area (Å²) in [7, 11) is 0. The van der Waals surface area contributed by atoms with Crippen LogP contribution in [0.1, 0.15) is 39.5 Å². The normalized spacial score (nSPS) is 15.8. The van der Waals surface area contributed by atoms with Gasteiger partial charge in [-0.05, 0) is 38.8 Å². The van der Waals surface area contributed by atoms with Crippen molar-refractivity contribution in [3.05, 3.63) is 24.3 Å². The quantitative estimate of drug-likeness (QED) is 0.751. The van der Waals surface area contributed by atoms with Gasteiger partial charge in [0.25, 0.3) is 0 Å². The number of benzene rings is 1. The van der Waals surface area contributed by atoms with E-state index in [1.54, 1.807) is 23.1 Å². The third kappa shape index (κ3) is 3.46. The number of thioether (sulfide) groups is 1. The molecule has 1 amide bonds. The standard InChI is InChI=1S/C17H22N2OS2/c1-12(2)19(13-7-3-4-8-13)16(20)11-21-17-18-14-9-5-6-10-15(14)22-17/h5-6,9-10,12-13H,3-4,7-8,11H2,1-2H3. The zero-order chi connectivity index (χ0) is 15.5. The van der Waals surface area contributed by atoms with Crippen molar-refractivity contribution in [3.8, 4) is 0 Å². The van der Waals surface area contributed by atoms with E-state index in [0.717, 1.165) is 22.7 Å². The van der Waals surface area contributed by atoms with Crippen LogP contribution in [0.5, 0.6) is 0 Å². The van der Waals surface area contributed by atoms with Crippen LogP contribution < -0.4 is 0 Å². The molecule has 0 N–H and O–H groups in total. The highest BCUT2D eigenvalue weighted by molar-refractivity contribution is 8.01. The highest BCUT2D eigenvalue weighted by atomic mass is 32.2. The molecule has 0 unspecified atom stereocenters. The maximum Gasteiger partial charge on any atom is 0.233 e. The van der Waals surface area contributed by atoms with Crippen molar-refractivity contribution >= 4 is 39.2 Å². The fraction of sp³-hybridized carbons (Fsp3) is 0.529. The molecule has 1 aliphatic rings. The second-order valence-corrected chi connectivity index (χ2v) is 8.32. The Morgan fingerprint density at radius 3 is 2.77 bits per heavy atom. The van der Waals surface area contributed by atoms with Crippen LogP contribution in [0.3, 0.4) is 0 Å². The zero-order valence-electron chi connectivity index (χ0n) is 13.1. The first kappa shape index (κ1) is 15.8. The summed E-state index contributed by atoms with van der Waals surface area (Å²) < 4.78 is 2.18. The van der Waals surface area contributed by atoms with Gasteiger partial charge in [-0.3, -0.25) is 4.79 Å². The number of amides is 1. The van der Waals surface area contributed by atoms with Crippen molar-refractivity contribution in [1.82, 2.24) is 9.88 Å². The number of carbonyl (C=O) groups is 1. The first-order valence-corrected chi connectivity index (χ1v) is 9.75. The van der Waals surface area contributed by atoms with E-state index >= 15 is 0 Å². The highest BCUT2D eigenvalue weighted by Gasteiger charge is 2.28. The van der Waals surface area contributed by atoms with Crippen LogP contribution in [0, 0.1) is 0 Å². The topological polar surface area (TPSA) is 33.2 Å². The molecule has 0 atom stereocenters. The number of thiazole rings is 1. The fourth-order valence-electron chi connectivity index (χ4n) is 3.21. The predicted molar refractivity (Wildman–Crippen MR) is 94.6 cm³/mol. The van der Waals surface area contributed by atoms with Gasteiger partial charge in [0.1, 0.15) is 0 Å². The Bertz CT molecular complexity index is 614. The molecule has 22 heavy (non-hydrogen) atoms. The summed E-state index contributed by atoms with van der Waals surface area (Å²) in [5, 5.41) is 0. The maximum atomic E-state index is 12.6. The van der Waals surface area contributed by atoms with Crippen LogP contribution >= 0.6 is 23.1 Å².